The van der Waals surface area contributed by atoms with Gasteiger partial charge in [0, 0.05) is 62.2 Å². The molecule has 8 heteroatoms. The molecule has 1 fully saturated rings. The number of aromatic nitrogens is 2. The molecular weight excluding hydrogens is 436 g/mol. The van der Waals surface area contributed by atoms with Gasteiger partial charge in [0.15, 0.2) is 4.96 Å². The summed E-state index contributed by atoms with van der Waals surface area (Å²) in [5.74, 6) is 1.04. The van der Waals surface area contributed by atoms with Gasteiger partial charge in [0.1, 0.15) is 5.75 Å². The van der Waals surface area contributed by atoms with E-state index in [1.54, 1.807) is 16.7 Å². The van der Waals surface area contributed by atoms with Gasteiger partial charge in [0.25, 0.3) is 5.56 Å². The van der Waals surface area contributed by atoms with E-state index in [1.165, 1.54) is 11.3 Å². The van der Waals surface area contributed by atoms with Gasteiger partial charge >= 0.3 is 0 Å². The molecule has 0 atom stereocenters. The summed E-state index contributed by atoms with van der Waals surface area (Å²) in [6, 6.07) is 15.8. The summed E-state index contributed by atoms with van der Waals surface area (Å²) in [4.78, 5) is 34.3. The number of ether oxygens (including phenoxy) is 1. The molecule has 0 saturated carbocycles. The van der Waals surface area contributed by atoms with Crippen molar-refractivity contribution in [3.05, 3.63) is 76.2 Å². The lowest BCUT2D eigenvalue weighted by atomic mass is 10.1. The Balaban J connectivity index is 1.07. The zero-order valence-corrected chi connectivity index (χ0v) is 19.2. The van der Waals surface area contributed by atoms with Crippen LogP contribution in [0.3, 0.4) is 0 Å². The molecule has 0 spiro atoms. The Labute approximate surface area is 195 Å². The van der Waals surface area contributed by atoms with Crippen LogP contribution in [0.1, 0.15) is 18.5 Å². The molecule has 7 nitrogen and oxygen atoms in total. The lowest BCUT2D eigenvalue weighted by Gasteiger charge is -2.34. The van der Waals surface area contributed by atoms with Crippen LogP contribution in [-0.4, -0.2) is 57.9 Å². The highest BCUT2D eigenvalue weighted by Crippen LogP contribution is 2.25. The molecule has 2 aromatic carbocycles. The van der Waals surface area contributed by atoms with Gasteiger partial charge in [-0.25, -0.2) is 4.98 Å². The van der Waals surface area contributed by atoms with Gasteiger partial charge in [-0.05, 0) is 17.9 Å². The van der Waals surface area contributed by atoms with Crippen LogP contribution in [0.2, 0.25) is 0 Å². The van der Waals surface area contributed by atoms with Gasteiger partial charge in [-0.1, -0.05) is 36.4 Å². The van der Waals surface area contributed by atoms with Gasteiger partial charge in [-0.2, -0.15) is 0 Å². The van der Waals surface area contributed by atoms with Gasteiger partial charge in [0.05, 0.1) is 12.3 Å². The minimum Gasteiger partial charge on any atom is -0.493 e. The van der Waals surface area contributed by atoms with Crippen molar-refractivity contribution in [2.45, 2.75) is 19.4 Å². The molecule has 1 amide bonds. The van der Waals surface area contributed by atoms with E-state index < -0.39 is 0 Å². The Kier molecular flexibility index (Phi) is 6.37. The first-order chi connectivity index (χ1) is 16.2. The summed E-state index contributed by atoms with van der Waals surface area (Å²) in [7, 11) is 0. The summed E-state index contributed by atoms with van der Waals surface area (Å²) in [5, 5.41) is 4.11. The van der Waals surface area contributed by atoms with E-state index >= 15 is 0 Å². The third kappa shape index (κ3) is 4.91. The predicted octanol–water partition coefficient (Wildman–Crippen LogP) is 3.41. The van der Waals surface area contributed by atoms with Crippen LogP contribution in [0, 0.1) is 0 Å². The SMILES string of the molecule is O=C(CCCOc1cccc2ccccc12)N1CCN(Cc2cc(=O)n3ccsc3n2)CC1. The van der Waals surface area contributed by atoms with E-state index in [1.807, 2.05) is 34.5 Å². The maximum absolute atomic E-state index is 12.6. The molecule has 5 rings (SSSR count). The van der Waals surface area contributed by atoms with Crippen LogP contribution in [-0.2, 0) is 11.3 Å². The number of piperazine rings is 1. The number of hydrogen-bond donors (Lipinski definition) is 0. The standard InChI is InChI=1S/C25H26N4O3S/c30-23(9-4-15-32-22-8-3-6-19-5-1-2-7-21(19)22)28-12-10-27(11-13-28)18-20-17-24(31)29-14-16-33-25(29)26-20/h1-3,5-8,14,16-17H,4,9-13,15,18H2. The van der Waals surface area contributed by atoms with Crippen molar-refractivity contribution in [2.24, 2.45) is 0 Å². The van der Waals surface area contributed by atoms with Crippen molar-refractivity contribution in [1.29, 1.82) is 0 Å². The molecule has 0 aliphatic carbocycles. The largest absolute Gasteiger partial charge is 0.493 e. The summed E-state index contributed by atoms with van der Waals surface area (Å²) < 4.78 is 7.53. The van der Waals surface area contributed by atoms with Crippen molar-refractivity contribution in [1.82, 2.24) is 19.2 Å². The maximum atomic E-state index is 12.6. The Bertz CT molecular complexity index is 1320. The minimum absolute atomic E-state index is 0.0456. The fraction of sp³-hybridized carbons (Fsp3) is 0.320. The molecule has 0 unspecified atom stereocenters. The van der Waals surface area contributed by atoms with E-state index in [-0.39, 0.29) is 11.5 Å². The van der Waals surface area contributed by atoms with Crippen molar-refractivity contribution in [3.63, 3.8) is 0 Å². The highest BCUT2D eigenvalue weighted by atomic mass is 32.1. The van der Waals surface area contributed by atoms with Crippen molar-refractivity contribution in [2.75, 3.05) is 32.8 Å². The molecule has 1 aliphatic rings. The molecule has 1 saturated heterocycles. The molecule has 3 heterocycles. The van der Waals surface area contributed by atoms with Crippen molar-refractivity contribution >= 4 is 33.0 Å². The number of fused-ring (bicyclic) bond motifs is 2. The molecule has 0 bridgehead atoms. The summed E-state index contributed by atoms with van der Waals surface area (Å²) in [5.41, 5.74) is 0.739. The van der Waals surface area contributed by atoms with Crippen LogP contribution < -0.4 is 10.3 Å². The number of hydrogen-bond acceptors (Lipinski definition) is 6. The highest BCUT2D eigenvalue weighted by molar-refractivity contribution is 7.15. The van der Waals surface area contributed by atoms with Crippen LogP contribution in [0.4, 0.5) is 0 Å². The fourth-order valence-electron chi connectivity index (χ4n) is 4.24. The first kappa shape index (κ1) is 21.6. The summed E-state index contributed by atoms with van der Waals surface area (Å²) >= 11 is 1.46. The Morgan fingerprint density at radius 1 is 1.06 bits per heavy atom. The van der Waals surface area contributed by atoms with E-state index in [0.717, 1.165) is 40.3 Å². The van der Waals surface area contributed by atoms with Gasteiger partial charge in [-0.15, -0.1) is 11.3 Å². The molecule has 0 radical (unpaired) electrons. The van der Waals surface area contributed by atoms with Crippen molar-refractivity contribution in [3.8, 4) is 5.75 Å². The molecule has 170 valence electrons. The second-order valence-corrected chi connectivity index (χ2v) is 9.10. The number of carbonyl (C=O) groups is 1. The van der Waals surface area contributed by atoms with Gasteiger partial charge in [-0.3, -0.25) is 18.9 Å². The molecule has 0 N–H and O–H groups in total. The van der Waals surface area contributed by atoms with E-state index in [2.05, 4.69) is 28.1 Å². The maximum Gasteiger partial charge on any atom is 0.258 e. The molecule has 4 aromatic rings. The normalized spacial score (nSPS) is 14.7. The zero-order valence-electron chi connectivity index (χ0n) is 18.4. The van der Waals surface area contributed by atoms with E-state index in [0.29, 0.717) is 39.1 Å². The first-order valence-electron chi connectivity index (χ1n) is 11.2. The van der Waals surface area contributed by atoms with E-state index in [4.69, 9.17) is 4.74 Å². The Hall–Kier alpha value is -3.23. The number of carbonyl (C=O) groups excluding carboxylic acids is 1. The molecule has 2 aromatic heterocycles. The summed E-state index contributed by atoms with van der Waals surface area (Å²) in [6.45, 7) is 4.11. The monoisotopic (exact) mass is 462 g/mol. The number of benzene rings is 2. The lowest BCUT2D eigenvalue weighted by Crippen LogP contribution is -2.48. The fourth-order valence-corrected chi connectivity index (χ4v) is 4.98. The number of thiazole rings is 1. The zero-order chi connectivity index (χ0) is 22.6. The van der Waals surface area contributed by atoms with Crippen molar-refractivity contribution < 1.29 is 9.53 Å². The Morgan fingerprint density at radius 2 is 1.88 bits per heavy atom. The molecule has 1 aliphatic heterocycles. The van der Waals surface area contributed by atoms with Gasteiger partial charge in [0.2, 0.25) is 5.91 Å². The second kappa shape index (κ2) is 9.72. The molecular formula is C25H26N4O3S. The third-order valence-electron chi connectivity index (χ3n) is 6.01. The quantitative estimate of drug-likeness (QED) is 0.394. The predicted molar refractivity (Wildman–Crippen MR) is 130 cm³/mol. The second-order valence-electron chi connectivity index (χ2n) is 8.23. The van der Waals surface area contributed by atoms with Crippen LogP contribution in [0.15, 0.2) is 64.9 Å². The highest BCUT2D eigenvalue weighted by Gasteiger charge is 2.21. The van der Waals surface area contributed by atoms with Crippen LogP contribution in [0.5, 0.6) is 5.75 Å². The average Bonchev–Trinajstić information content (AvgIpc) is 3.31. The van der Waals surface area contributed by atoms with Crippen LogP contribution in [0.25, 0.3) is 15.7 Å². The summed E-state index contributed by atoms with van der Waals surface area (Å²) in [6.07, 6.45) is 2.92. The first-order valence-corrected chi connectivity index (χ1v) is 12.1. The van der Waals surface area contributed by atoms with Gasteiger partial charge < -0.3 is 9.64 Å². The topological polar surface area (TPSA) is 67.2 Å². The Morgan fingerprint density at radius 3 is 2.76 bits per heavy atom. The number of nitrogens with zero attached hydrogens (tertiary/aromatic N) is 4. The molecule has 33 heavy (non-hydrogen) atoms. The smallest absolute Gasteiger partial charge is 0.258 e. The average molecular weight is 463 g/mol. The van der Waals surface area contributed by atoms with Crippen LogP contribution >= 0.6 is 11.3 Å². The number of rotatable bonds is 7. The number of amides is 1. The third-order valence-corrected chi connectivity index (χ3v) is 6.77. The minimum atomic E-state index is -0.0456. The van der Waals surface area contributed by atoms with E-state index in [9.17, 15) is 9.59 Å². The lowest BCUT2D eigenvalue weighted by molar-refractivity contribution is -0.133.